The zero-order chi connectivity index (χ0) is 11.5. The van der Waals surface area contributed by atoms with Crippen LogP contribution in [0.25, 0.3) is 0 Å². The van der Waals surface area contributed by atoms with Crippen LogP contribution in [0.5, 0.6) is 0 Å². The molecular formula is C9H16N2O4. The second-order valence-corrected chi connectivity index (χ2v) is 2.72. The molecule has 6 heteroatoms. The number of amides is 1. The predicted molar refractivity (Wildman–Crippen MR) is 54.3 cm³/mol. The fraction of sp³-hybridized carbons (Fsp3) is 0.556. The third-order valence-electron chi connectivity index (χ3n) is 1.47. The van der Waals surface area contributed by atoms with Crippen LogP contribution in [0.3, 0.4) is 0 Å². The number of methoxy groups -OCH3 is 1. The quantitative estimate of drug-likeness (QED) is 0.370. The number of rotatable bonds is 8. The van der Waals surface area contributed by atoms with Crippen molar-refractivity contribution in [2.75, 3.05) is 26.8 Å². The van der Waals surface area contributed by atoms with Crippen LogP contribution in [0, 0.1) is 0 Å². The third kappa shape index (κ3) is 10.4. The Morgan fingerprint density at radius 2 is 2.13 bits per heavy atom. The standard InChI is InChI=1S/C9H16N2O4/c1-15-7-6-11-8(12)2-4-10-5-3-9(13)14/h3,5,10H,2,4,6-7H2,1H3,(H,11,12)(H,13,14)/b5-3+. The molecule has 3 N–H and O–H groups in total. The number of nitrogens with one attached hydrogen (secondary N) is 2. The van der Waals surface area contributed by atoms with Gasteiger partial charge in [0.2, 0.25) is 5.91 Å². The van der Waals surface area contributed by atoms with Crippen molar-refractivity contribution in [3.8, 4) is 0 Å². The first kappa shape index (κ1) is 13.4. The van der Waals surface area contributed by atoms with E-state index in [0.29, 0.717) is 26.1 Å². The van der Waals surface area contributed by atoms with E-state index in [1.165, 1.54) is 6.20 Å². The van der Waals surface area contributed by atoms with E-state index >= 15 is 0 Å². The molecule has 0 saturated heterocycles. The van der Waals surface area contributed by atoms with E-state index in [0.717, 1.165) is 6.08 Å². The van der Waals surface area contributed by atoms with E-state index in [9.17, 15) is 9.59 Å². The van der Waals surface area contributed by atoms with Gasteiger partial charge in [-0.3, -0.25) is 4.79 Å². The van der Waals surface area contributed by atoms with Crippen LogP contribution >= 0.6 is 0 Å². The lowest BCUT2D eigenvalue weighted by Crippen LogP contribution is -2.29. The van der Waals surface area contributed by atoms with Gasteiger partial charge in [-0.1, -0.05) is 0 Å². The fourth-order valence-corrected chi connectivity index (χ4v) is 0.780. The molecule has 6 nitrogen and oxygen atoms in total. The Labute approximate surface area is 88.3 Å². The number of ether oxygens (including phenoxy) is 1. The molecule has 0 bridgehead atoms. The molecule has 15 heavy (non-hydrogen) atoms. The molecule has 0 fully saturated rings. The van der Waals surface area contributed by atoms with Gasteiger partial charge in [-0.25, -0.2) is 4.79 Å². The highest BCUT2D eigenvalue weighted by molar-refractivity contribution is 5.79. The summed E-state index contributed by atoms with van der Waals surface area (Å²) < 4.78 is 4.75. The minimum Gasteiger partial charge on any atom is -0.478 e. The van der Waals surface area contributed by atoms with E-state index in [-0.39, 0.29) is 5.91 Å². The maximum atomic E-state index is 11.1. The molecule has 0 aliphatic heterocycles. The molecule has 0 aromatic carbocycles. The van der Waals surface area contributed by atoms with Crippen molar-refractivity contribution < 1.29 is 19.4 Å². The monoisotopic (exact) mass is 216 g/mol. The van der Waals surface area contributed by atoms with Crippen LogP contribution in [-0.2, 0) is 14.3 Å². The minimum absolute atomic E-state index is 0.0942. The fourth-order valence-electron chi connectivity index (χ4n) is 0.780. The van der Waals surface area contributed by atoms with Gasteiger partial charge < -0.3 is 20.5 Å². The van der Waals surface area contributed by atoms with E-state index in [1.54, 1.807) is 7.11 Å². The summed E-state index contributed by atoms with van der Waals surface area (Å²) in [7, 11) is 1.56. The SMILES string of the molecule is COCCNC(=O)CCN/C=C/C(=O)O. The van der Waals surface area contributed by atoms with E-state index in [2.05, 4.69) is 10.6 Å². The number of carbonyl (C=O) groups excluding carboxylic acids is 1. The Kier molecular flexibility index (Phi) is 8.08. The maximum absolute atomic E-state index is 11.1. The van der Waals surface area contributed by atoms with Gasteiger partial charge in [0.05, 0.1) is 6.61 Å². The Hall–Kier alpha value is -1.56. The molecule has 86 valence electrons. The van der Waals surface area contributed by atoms with Gasteiger partial charge in [0.15, 0.2) is 0 Å². The summed E-state index contributed by atoms with van der Waals surface area (Å²) in [5.74, 6) is -1.12. The number of hydrogen-bond acceptors (Lipinski definition) is 4. The van der Waals surface area contributed by atoms with Crippen LogP contribution in [0.15, 0.2) is 12.3 Å². The highest BCUT2D eigenvalue weighted by atomic mass is 16.5. The largest absolute Gasteiger partial charge is 0.478 e. The lowest BCUT2D eigenvalue weighted by atomic mass is 10.4. The summed E-state index contributed by atoms with van der Waals surface area (Å²) in [6.45, 7) is 1.38. The highest BCUT2D eigenvalue weighted by Crippen LogP contribution is 1.78. The minimum atomic E-state index is -1.02. The highest BCUT2D eigenvalue weighted by Gasteiger charge is 1.97. The first-order valence-electron chi connectivity index (χ1n) is 4.55. The van der Waals surface area contributed by atoms with E-state index in [1.807, 2.05) is 0 Å². The van der Waals surface area contributed by atoms with Crippen molar-refractivity contribution in [3.63, 3.8) is 0 Å². The van der Waals surface area contributed by atoms with Crippen LogP contribution in [-0.4, -0.2) is 43.8 Å². The summed E-state index contributed by atoms with van der Waals surface area (Å²) >= 11 is 0. The number of aliphatic carboxylic acids is 1. The number of hydrogen-bond donors (Lipinski definition) is 3. The average molecular weight is 216 g/mol. The smallest absolute Gasteiger partial charge is 0.329 e. The Balaban J connectivity index is 3.35. The van der Waals surface area contributed by atoms with E-state index in [4.69, 9.17) is 9.84 Å². The lowest BCUT2D eigenvalue weighted by Gasteiger charge is -2.03. The van der Waals surface area contributed by atoms with Crippen molar-refractivity contribution in [2.45, 2.75) is 6.42 Å². The summed E-state index contributed by atoms with van der Waals surface area (Å²) in [6.07, 6.45) is 2.57. The molecule has 0 aliphatic carbocycles. The molecule has 0 rings (SSSR count). The van der Waals surface area contributed by atoms with Crippen LogP contribution in [0.4, 0.5) is 0 Å². The number of carboxylic acid groups (broad SMARTS) is 1. The maximum Gasteiger partial charge on any atom is 0.329 e. The Morgan fingerprint density at radius 3 is 2.73 bits per heavy atom. The average Bonchev–Trinajstić information content (AvgIpc) is 2.17. The molecule has 0 aromatic heterocycles. The molecule has 0 spiro atoms. The molecule has 0 heterocycles. The van der Waals surface area contributed by atoms with Gasteiger partial charge in [-0.05, 0) is 0 Å². The molecule has 0 radical (unpaired) electrons. The zero-order valence-electron chi connectivity index (χ0n) is 8.66. The normalized spacial score (nSPS) is 10.2. The van der Waals surface area contributed by atoms with Gasteiger partial charge in [-0.2, -0.15) is 0 Å². The van der Waals surface area contributed by atoms with Gasteiger partial charge in [0, 0.05) is 38.9 Å². The Morgan fingerprint density at radius 1 is 1.40 bits per heavy atom. The summed E-state index contributed by atoms with van der Waals surface area (Å²) in [5, 5.41) is 13.6. The first-order chi connectivity index (χ1) is 7.16. The number of carbonyl (C=O) groups is 2. The second kappa shape index (κ2) is 9.01. The van der Waals surface area contributed by atoms with Crippen LogP contribution < -0.4 is 10.6 Å². The summed E-state index contributed by atoms with van der Waals surface area (Å²) in [4.78, 5) is 21.1. The summed E-state index contributed by atoms with van der Waals surface area (Å²) in [6, 6.07) is 0. The number of carboxylic acids is 1. The van der Waals surface area contributed by atoms with Crippen molar-refractivity contribution in [1.29, 1.82) is 0 Å². The first-order valence-corrected chi connectivity index (χ1v) is 4.55. The molecule has 0 unspecified atom stereocenters. The molecule has 0 aliphatic rings. The Bertz CT molecular complexity index is 228. The second-order valence-electron chi connectivity index (χ2n) is 2.72. The van der Waals surface area contributed by atoms with Gasteiger partial charge in [0.25, 0.3) is 0 Å². The van der Waals surface area contributed by atoms with Gasteiger partial charge in [-0.15, -0.1) is 0 Å². The van der Waals surface area contributed by atoms with Crippen LogP contribution in [0.2, 0.25) is 0 Å². The zero-order valence-corrected chi connectivity index (χ0v) is 8.66. The third-order valence-corrected chi connectivity index (χ3v) is 1.47. The van der Waals surface area contributed by atoms with Crippen molar-refractivity contribution in [1.82, 2.24) is 10.6 Å². The molecule has 0 aromatic rings. The molecule has 0 saturated carbocycles. The predicted octanol–water partition coefficient (Wildman–Crippen LogP) is -0.673. The topological polar surface area (TPSA) is 87.7 Å². The van der Waals surface area contributed by atoms with Crippen molar-refractivity contribution in [2.24, 2.45) is 0 Å². The molecular weight excluding hydrogens is 200 g/mol. The van der Waals surface area contributed by atoms with Crippen LogP contribution in [0.1, 0.15) is 6.42 Å². The molecule has 0 atom stereocenters. The molecule has 1 amide bonds. The van der Waals surface area contributed by atoms with E-state index < -0.39 is 5.97 Å². The van der Waals surface area contributed by atoms with Crippen molar-refractivity contribution >= 4 is 11.9 Å². The lowest BCUT2D eigenvalue weighted by molar-refractivity contribution is -0.131. The van der Waals surface area contributed by atoms with Gasteiger partial charge in [0.1, 0.15) is 0 Å². The van der Waals surface area contributed by atoms with Gasteiger partial charge >= 0.3 is 5.97 Å². The summed E-state index contributed by atoms with van der Waals surface area (Å²) in [5.41, 5.74) is 0. The van der Waals surface area contributed by atoms with Crippen molar-refractivity contribution in [3.05, 3.63) is 12.3 Å².